The normalized spacial score (nSPS) is 14.5. The highest BCUT2D eigenvalue weighted by Crippen LogP contribution is 2.15. The number of hydrogen-bond acceptors (Lipinski definition) is 10. The maximum Gasteiger partial charge on any atom is 0.408 e. The molecule has 0 aromatic rings. The van der Waals surface area contributed by atoms with Gasteiger partial charge in [0.25, 0.3) is 0 Å². The van der Waals surface area contributed by atoms with Gasteiger partial charge in [-0.2, -0.15) is 11.8 Å². The second kappa shape index (κ2) is 21.7. The van der Waals surface area contributed by atoms with Crippen LogP contribution in [0.2, 0.25) is 0 Å². The Balaban J connectivity index is 4.97. The molecule has 252 valence electrons. The van der Waals surface area contributed by atoms with Gasteiger partial charge < -0.3 is 36.4 Å². The minimum atomic E-state index is -2.42. The number of carboxylic acids is 1. The number of alkyl carbamates (subject to hydrolysis) is 1. The number of hydrogen-bond donors (Lipinski definition) is 6. The molecule has 5 amide bonds. The molecule has 16 heteroatoms. The monoisotopic (exact) mass is 666 g/mol. The highest BCUT2D eigenvalue weighted by atomic mass is 32.2. The number of carbonyl (C=O) groups is 7. The molecule has 0 rings (SSSR count). The molecule has 44 heavy (non-hydrogen) atoms. The molecule has 14 nitrogen and oxygen atoms in total. The molecule has 3 atom stereocenters. The number of carboxylic acid groups (broad SMARTS) is 1. The van der Waals surface area contributed by atoms with Crippen LogP contribution in [0.5, 0.6) is 0 Å². The summed E-state index contributed by atoms with van der Waals surface area (Å²) in [6, 6.07) is -2.26. The number of carbonyl (C=O) groups excluding carboxylic acids is 6. The van der Waals surface area contributed by atoms with Crippen molar-refractivity contribution in [2.24, 2.45) is 5.92 Å². The van der Waals surface area contributed by atoms with Crippen LogP contribution in [-0.4, -0.2) is 106 Å². The number of rotatable bonds is 21. The SMILES string of the molecule is [2H]C([2H])([2H])CNC(=O)[C@H](CCCNC(=O)CSC[C@H](NC(C)=O)C(=O)NC(C)C)CC(=O)CSC[C@H](NC(=O)OC(C)(C)C)C(=O)O. The van der Waals surface area contributed by atoms with E-state index >= 15 is 0 Å². The van der Waals surface area contributed by atoms with E-state index in [4.69, 9.17) is 8.85 Å². The van der Waals surface area contributed by atoms with Gasteiger partial charge in [0.1, 0.15) is 23.5 Å². The first-order valence-corrected chi connectivity index (χ1v) is 16.4. The number of Topliss-reactive ketones (excluding diaryl/α,β-unsaturated/α-hetero) is 1. The average Bonchev–Trinajstić information content (AvgIpc) is 2.90. The predicted molar refractivity (Wildman–Crippen MR) is 170 cm³/mol. The molecule has 0 bridgehead atoms. The first-order valence-electron chi connectivity index (χ1n) is 15.6. The van der Waals surface area contributed by atoms with Crippen LogP contribution in [0.3, 0.4) is 0 Å². The highest BCUT2D eigenvalue weighted by molar-refractivity contribution is 8.00. The van der Waals surface area contributed by atoms with Crippen LogP contribution >= 0.6 is 23.5 Å². The fraction of sp³-hybridized carbons (Fsp3) is 0.750. The Labute approximate surface area is 272 Å². The number of ketones is 1. The van der Waals surface area contributed by atoms with E-state index in [-0.39, 0.29) is 78.4 Å². The lowest BCUT2D eigenvalue weighted by molar-refractivity contribution is -0.139. The first-order chi connectivity index (χ1) is 21.6. The molecule has 0 spiro atoms. The largest absolute Gasteiger partial charge is 0.480 e. The molecule has 0 heterocycles. The number of aliphatic carboxylic acids is 1. The highest BCUT2D eigenvalue weighted by Gasteiger charge is 2.26. The van der Waals surface area contributed by atoms with Gasteiger partial charge in [-0.05, 0) is 54.3 Å². The van der Waals surface area contributed by atoms with E-state index < -0.39 is 55.0 Å². The Bertz CT molecular complexity index is 1090. The van der Waals surface area contributed by atoms with Gasteiger partial charge in [0.15, 0.2) is 0 Å². The molecular weight excluding hydrogens is 614 g/mol. The fourth-order valence-corrected chi connectivity index (χ4v) is 5.32. The molecule has 0 aromatic carbocycles. The first kappa shape index (κ1) is 35.5. The summed E-state index contributed by atoms with van der Waals surface area (Å²) in [6.07, 6.45) is -0.732. The third-order valence-corrected chi connectivity index (χ3v) is 7.47. The molecule has 0 aliphatic rings. The van der Waals surface area contributed by atoms with Crippen molar-refractivity contribution in [3.8, 4) is 0 Å². The van der Waals surface area contributed by atoms with Crippen molar-refractivity contribution < 1.29 is 47.5 Å². The molecular formula is C28H49N5O9S2. The van der Waals surface area contributed by atoms with E-state index in [0.717, 1.165) is 23.5 Å². The van der Waals surface area contributed by atoms with E-state index in [1.165, 1.54) is 6.92 Å². The Morgan fingerprint density at radius 2 is 1.52 bits per heavy atom. The van der Waals surface area contributed by atoms with Crippen molar-refractivity contribution >= 4 is 65.0 Å². The van der Waals surface area contributed by atoms with Crippen LogP contribution in [0.15, 0.2) is 0 Å². The lowest BCUT2D eigenvalue weighted by Gasteiger charge is -2.22. The zero-order chi connectivity index (χ0) is 36.4. The molecule has 0 aliphatic carbocycles. The van der Waals surface area contributed by atoms with Gasteiger partial charge in [0, 0.05) is 54.0 Å². The number of nitrogens with one attached hydrogen (secondary N) is 5. The summed E-state index contributed by atoms with van der Waals surface area (Å²) < 4.78 is 27.0. The summed E-state index contributed by atoms with van der Waals surface area (Å²) in [5.41, 5.74) is -0.835. The summed E-state index contributed by atoms with van der Waals surface area (Å²) in [7, 11) is 0. The summed E-state index contributed by atoms with van der Waals surface area (Å²) in [5, 5.41) is 21.9. The van der Waals surface area contributed by atoms with Crippen molar-refractivity contribution in [1.82, 2.24) is 26.6 Å². The van der Waals surface area contributed by atoms with E-state index in [1.54, 1.807) is 34.6 Å². The maximum absolute atomic E-state index is 12.8. The van der Waals surface area contributed by atoms with Crippen LogP contribution in [0.1, 0.15) is 71.8 Å². The summed E-state index contributed by atoms with van der Waals surface area (Å²) in [6.45, 7) is 6.86. The van der Waals surface area contributed by atoms with E-state index in [2.05, 4.69) is 26.6 Å². The van der Waals surface area contributed by atoms with Crippen molar-refractivity contribution in [1.29, 1.82) is 0 Å². The molecule has 0 aromatic heterocycles. The van der Waals surface area contributed by atoms with E-state index in [9.17, 15) is 38.7 Å². The third kappa shape index (κ3) is 20.8. The van der Waals surface area contributed by atoms with Gasteiger partial charge in [-0.15, -0.1) is 11.8 Å². The third-order valence-electron chi connectivity index (χ3n) is 5.34. The molecule has 0 saturated heterocycles. The number of thioether (sulfide) groups is 2. The maximum atomic E-state index is 12.8. The zero-order valence-electron chi connectivity index (χ0n) is 29.2. The zero-order valence-corrected chi connectivity index (χ0v) is 27.8. The Kier molecular flexibility index (Phi) is 17.5. The van der Waals surface area contributed by atoms with Crippen molar-refractivity contribution in [3.63, 3.8) is 0 Å². The minimum absolute atomic E-state index is 0.00334. The molecule has 6 N–H and O–H groups in total. The lowest BCUT2D eigenvalue weighted by atomic mass is 9.96. The second-order valence-corrected chi connectivity index (χ2v) is 13.2. The second-order valence-electron chi connectivity index (χ2n) is 11.1. The van der Waals surface area contributed by atoms with Gasteiger partial charge in [0.05, 0.1) is 11.5 Å². The van der Waals surface area contributed by atoms with Gasteiger partial charge in [0.2, 0.25) is 23.6 Å². The average molecular weight is 667 g/mol. The molecule has 0 radical (unpaired) electrons. The van der Waals surface area contributed by atoms with Crippen LogP contribution in [0.25, 0.3) is 0 Å². The Hall–Kier alpha value is -3.01. The van der Waals surface area contributed by atoms with E-state index in [0.29, 0.717) is 0 Å². The van der Waals surface area contributed by atoms with Gasteiger partial charge >= 0.3 is 12.1 Å². The van der Waals surface area contributed by atoms with Gasteiger partial charge in [-0.25, -0.2) is 9.59 Å². The van der Waals surface area contributed by atoms with Crippen molar-refractivity contribution in [3.05, 3.63) is 0 Å². The Morgan fingerprint density at radius 3 is 2.09 bits per heavy atom. The van der Waals surface area contributed by atoms with Crippen molar-refractivity contribution in [2.75, 3.05) is 36.1 Å². The minimum Gasteiger partial charge on any atom is -0.480 e. The molecule has 0 fully saturated rings. The topological polar surface area (TPSA) is 209 Å². The van der Waals surface area contributed by atoms with E-state index in [1.807, 2.05) is 0 Å². The fourth-order valence-electron chi connectivity index (χ4n) is 3.52. The van der Waals surface area contributed by atoms with Crippen LogP contribution in [0, 0.1) is 5.92 Å². The Morgan fingerprint density at radius 1 is 0.886 bits per heavy atom. The smallest absolute Gasteiger partial charge is 0.408 e. The van der Waals surface area contributed by atoms with Crippen LogP contribution in [0.4, 0.5) is 4.79 Å². The van der Waals surface area contributed by atoms with Gasteiger partial charge in [-0.1, -0.05) is 0 Å². The van der Waals surface area contributed by atoms with Crippen LogP contribution < -0.4 is 26.6 Å². The summed E-state index contributed by atoms with van der Waals surface area (Å²) >= 11 is 2.10. The molecule has 0 aliphatic heterocycles. The summed E-state index contributed by atoms with van der Waals surface area (Å²) in [4.78, 5) is 85.0. The van der Waals surface area contributed by atoms with Crippen LogP contribution in [-0.2, 0) is 33.5 Å². The number of ether oxygens (including phenoxy) is 1. The quantitative estimate of drug-likeness (QED) is 0.0955. The number of amides is 5. The molecule has 0 saturated carbocycles. The van der Waals surface area contributed by atoms with Gasteiger partial charge in [-0.3, -0.25) is 24.0 Å². The standard InChI is InChI=1S/C28H49N5O9S2/c1-8-29-24(37)19(12-20(35)13-43-15-22(26(39)40)33-27(41)42-28(5,6)7)10-9-11-30-23(36)16-44-14-21(32-18(4)34)25(38)31-17(2)3/h17,19,21-22H,8-16H2,1-7H3,(H,29,37)(H,30,36)(H,31,38)(H,32,34)(H,33,41)(H,39,40)/t19-,21+,22+/m1/s1/i1D3. The van der Waals surface area contributed by atoms with Crippen molar-refractivity contribution in [2.45, 2.75) is 91.4 Å². The lowest BCUT2D eigenvalue weighted by Crippen LogP contribution is -2.49. The molecule has 0 unspecified atom stereocenters. The summed E-state index contributed by atoms with van der Waals surface area (Å²) in [5.74, 6) is -4.46. The predicted octanol–water partition coefficient (Wildman–Crippen LogP) is 1.07.